The van der Waals surface area contributed by atoms with Gasteiger partial charge in [0.05, 0.1) is 5.52 Å². The Balaban J connectivity index is 0.00000129. The lowest BCUT2D eigenvalue weighted by Crippen LogP contribution is -1.95. The summed E-state index contributed by atoms with van der Waals surface area (Å²) in [6, 6.07) is 43.0. The Morgan fingerprint density at radius 1 is 0.474 bits per heavy atom. The van der Waals surface area contributed by atoms with Gasteiger partial charge in [-0.1, -0.05) is 123 Å². The SMILES string of the molecule is CC.Cc1ccc(-c2nnc3c4ccccc4c4cc(-c5cccc(-c6ccccc6)c5)ccc4n23)cc1. The van der Waals surface area contributed by atoms with E-state index in [1.165, 1.54) is 38.6 Å². The molecule has 0 radical (unpaired) electrons. The van der Waals surface area contributed by atoms with Crippen molar-refractivity contribution < 1.29 is 0 Å². The van der Waals surface area contributed by atoms with Crippen LogP contribution in [0.15, 0.2) is 121 Å². The van der Waals surface area contributed by atoms with Gasteiger partial charge >= 0.3 is 0 Å². The number of nitrogens with zero attached hydrogens (tertiary/aromatic N) is 3. The van der Waals surface area contributed by atoms with Crippen LogP contribution in [0, 0.1) is 6.92 Å². The number of benzene rings is 5. The molecule has 0 N–H and O–H groups in total. The first kappa shape index (κ1) is 23.6. The monoisotopic (exact) mass is 491 g/mol. The summed E-state index contributed by atoms with van der Waals surface area (Å²) >= 11 is 0. The Morgan fingerprint density at radius 3 is 1.84 bits per heavy atom. The third-order valence-electron chi connectivity index (χ3n) is 6.97. The zero-order valence-corrected chi connectivity index (χ0v) is 21.9. The predicted octanol–water partition coefficient (Wildman–Crippen LogP) is 9.37. The maximum atomic E-state index is 4.63. The highest BCUT2D eigenvalue weighted by atomic mass is 15.2. The van der Waals surface area contributed by atoms with Crippen LogP contribution in [0.4, 0.5) is 0 Å². The fourth-order valence-electron chi connectivity index (χ4n) is 5.12. The maximum absolute atomic E-state index is 4.63. The molecule has 184 valence electrons. The molecule has 0 atom stereocenters. The lowest BCUT2D eigenvalue weighted by Gasteiger charge is -2.12. The van der Waals surface area contributed by atoms with E-state index in [-0.39, 0.29) is 0 Å². The summed E-state index contributed by atoms with van der Waals surface area (Å²) in [6.45, 7) is 6.10. The smallest absolute Gasteiger partial charge is 0.169 e. The summed E-state index contributed by atoms with van der Waals surface area (Å²) in [5.41, 5.74) is 9.10. The van der Waals surface area contributed by atoms with E-state index >= 15 is 0 Å². The van der Waals surface area contributed by atoms with Crippen LogP contribution in [-0.4, -0.2) is 14.6 Å². The van der Waals surface area contributed by atoms with Crippen molar-refractivity contribution in [3.63, 3.8) is 0 Å². The Kier molecular flexibility index (Phi) is 6.19. The molecule has 0 aliphatic heterocycles. The van der Waals surface area contributed by atoms with Crippen LogP contribution in [0.25, 0.3) is 61.0 Å². The van der Waals surface area contributed by atoms with E-state index in [2.05, 4.69) is 143 Å². The highest BCUT2D eigenvalue weighted by molar-refractivity contribution is 6.13. The van der Waals surface area contributed by atoms with Crippen LogP contribution in [-0.2, 0) is 0 Å². The number of rotatable bonds is 3. The van der Waals surface area contributed by atoms with E-state index in [0.717, 1.165) is 27.9 Å². The standard InChI is InChI=1S/C33H23N3.C2H6/c1-22-14-16-24(17-15-22)32-34-35-33-29-13-6-5-12-28(29)30-21-27(18-19-31(30)36(32)33)26-11-7-10-25(20-26)23-8-3-2-4-9-23;1-2/h2-21H,1H3;1-2H3. The molecule has 38 heavy (non-hydrogen) atoms. The molecule has 5 aromatic carbocycles. The third kappa shape index (κ3) is 4.03. The molecule has 0 saturated heterocycles. The molecule has 3 heteroatoms. The summed E-state index contributed by atoms with van der Waals surface area (Å²) in [6.07, 6.45) is 0. The Morgan fingerprint density at radius 2 is 1.08 bits per heavy atom. The maximum Gasteiger partial charge on any atom is 0.169 e. The first-order valence-corrected chi connectivity index (χ1v) is 13.2. The Labute approximate surface area is 223 Å². The van der Waals surface area contributed by atoms with Crippen LogP contribution in [0.1, 0.15) is 19.4 Å². The van der Waals surface area contributed by atoms with Crippen LogP contribution in [0.2, 0.25) is 0 Å². The normalized spacial score (nSPS) is 11.0. The highest BCUT2D eigenvalue weighted by Crippen LogP contribution is 2.35. The minimum atomic E-state index is 0.861. The van der Waals surface area contributed by atoms with Gasteiger partial charge in [0, 0.05) is 16.3 Å². The van der Waals surface area contributed by atoms with E-state index < -0.39 is 0 Å². The zero-order valence-electron chi connectivity index (χ0n) is 21.9. The second-order valence-corrected chi connectivity index (χ2v) is 9.27. The second-order valence-electron chi connectivity index (χ2n) is 9.27. The van der Waals surface area contributed by atoms with Gasteiger partial charge < -0.3 is 0 Å². The van der Waals surface area contributed by atoms with Gasteiger partial charge in [0.2, 0.25) is 0 Å². The van der Waals surface area contributed by atoms with Crippen molar-refractivity contribution in [3.05, 3.63) is 127 Å². The molecule has 0 saturated carbocycles. The first-order valence-electron chi connectivity index (χ1n) is 13.2. The third-order valence-corrected chi connectivity index (χ3v) is 6.97. The summed E-state index contributed by atoms with van der Waals surface area (Å²) < 4.78 is 2.20. The molecule has 3 nitrogen and oxygen atoms in total. The van der Waals surface area contributed by atoms with Crippen molar-refractivity contribution in [1.29, 1.82) is 0 Å². The fraction of sp³-hybridized carbons (Fsp3) is 0.0857. The first-order chi connectivity index (χ1) is 18.8. The molecule has 0 amide bonds. The number of aromatic nitrogens is 3. The number of fused-ring (bicyclic) bond motifs is 6. The van der Waals surface area contributed by atoms with Gasteiger partial charge in [0.25, 0.3) is 0 Å². The summed E-state index contributed by atoms with van der Waals surface area (Å²) in [5, 5.41) is 12.7. The van der Waals surface area contributed by atoms with Crippen molar-refractivity contribution in [2.45, 2.75) is 20.8 Å². The molecule has 0 aliphatic rings. The van der Waals surface area contributed by atoms with Crippen molar-refractivity contribution in [2.75, 3.05) is 0 Å². The van der Waals surface area contributed by atoms with E-state index in [4.69, 9.17) is 0 Å². The molecule has 2 aromatic heterocycles. The summed E-state index contributed by atoms with van der Waals surface area (Å²) in [7, 11) is 0. The number of hydrogen-bond donors (Lipinski definition) is 0. The predicted molar refractivity (Wildman–Crippen MR) is 160 cm³/mol. The molecular weight excluding hydrogens is 462 g/mol. The summed E-state index contributed by atoms with van der Waals surface area (Å²) in [4.78, 5) is 0. The van der Waals surface area contributed by atoms with Gasteiger partial charge in [-0.2, -0.15) is 0 Å². The van der Waals surface area contributed by atoms with E-state index in [9.17, 15) is 0 Å². The topological polar surface area (TPSA) is 30.2 Å². The van der Waals surface area contributed by atoms with Crippen LogP contribution >= 0.6 is 0 Å². The molecule has 0 spiro atoms. The second kappa shape index (κ2) is 9.95. The van der Waals surface area contributed by atoms with E-state index in [1.807, 2.05) is 13.8 Å². The van der Waals surface area contributed by atoms with Gasteiger partial charge in [-0.25, -0.2) is 0 Å². The van der Waals surface area contributed by atoms with Crippen molar-refractivity contribution in [2.24, 2.45) is 0 Å². The molecule has 0 unspecified atom stereocenters. The molecule has 7 aromatic rings. The summed E-state index contributed by atoms with van der Waals surface area (Å²) in [5.74, 6) is 0.861. The molecule has 7 rings (SSSR count). The van der Waals surface area contributed by atoms with Gasteiger partial charge in [0.1, 0.15) is 0 Å². The molecule has 0 fully saturated rings. The number of pyridine rings is 1. The van der Waals surface area contributed by atoms with E-state index in [1.54, 1.807) is 0 Å². The van der Waals surface area contributed by atoms with Crippen LogP contribution < -0.4 is 0 Å². The van der Waals surface area contributed by atoms with Crippen molar-refractivity contribution >= 4 is 27.3 Å². The average Bonchev–Trinajstić information content (AvgIpc) is 3.45. The van der Waals surface area contributed by atoms with Gasteiger partial charge in [-0.05, 0) is 52.8 Å². The Bertz CT molecular complexity index is 1880. The van der Waals surface area contributed by atoms with Gasteiger partial charge in [-0.15, -0.1) is 10.2 Å². The quantitative estimate of drug-likeness (QED) is 0.230. The molecule has 0 bridgehead atoms. The van der Waals surface area contributed by atoms with Crippen molar-refractivity contribution in [1.82, 2.24) is 14.6 Å². The lowest BCUT2D eigenvalue weighted by atomic mass is 9.96. The van der Waals surface area contributed by atoms with Crippen LogP contribution in [0.5, 0.6) is 0 Å². The molecular formula is C35H29N3. The number of hydrogen-bond acceptors (Lipinski definition) is 2. The van der Waals surface area contributed by atoms with Crippen LogP contribution in [0.3, 0.4) is 0 Å². The molecule has 0 aliphatic carbocycles. The lowest BCUT2D eigenvalue weighted by molar-refractivity contribution is 1.12. The Hall–Kier alpha value is -4.76. The highest BCUT2D eigenvalue weighted by Gasteiger charge is 2.16. The zero-order chi connectivity index (χ0) is 26.1. The van der Waals surface area contributed by atoms with Gasteiger partial charge in [-0.3, -0.25) is 4.40 Å². The van der Waals surface area contributed by atoms with Gasteiger partial charge in [0.15, 0.2) is 11.5 Å². The average molecular weight is 492 g/mol. The van der Waals surface area contributed by atoms with E-state index in [0.29, 0.717) is 0 Å². The largest absolute Gasteiger partial charge is 0.274 e. The number of aryl methyl sites for hydroxylation is 1. The fourth-order valence-corrected chi connectivity index (χ4v) is 5.12. The minimum absolute atomic E-state index is 0.861. The van der Waals surface area contributed by atoms with Crippen molar-refractivity contribution in [3.8, 4) is 33.6 Å². The minimum Gasteiger partial charge on any atom is -0.274 e. The molecule has 2 heterocycles.